The molecular formula is C12H23NO. The Bertz CT molecular complexity index is 162. The van der Waals surface area contributed by atoms with Crippen LogP contribution in [0, 0.1) is 0 Å². The average molecular weight is 197 g/mol. The smallest absolute Gasteiger partial charge is 0.220 e. The average Bonchev–Trinajstić information content (AvgIpc) is 2.20. The van der Waals surface area contributed by atoms with Crippen LogP contribution in [0.25, 0.3) is 0 Å². The highest BCUT2D eigenvalue weighted by atomic mass is 16.1. The van der Waals surface area contributed by atoms with Crippen LogP contribution in [-0.2, 0) is 4.79 Å². The quantitative estimate of drug-likeness (QED) is 0.674. The number of unbranched alkanes of at least 4 members (excludes halogenated alkanes) is 2. The van der Waals surface area contributed by atoms with E-state index < -0.39 is 0 Å². The maximum atomic E-state index is 11.5. The van der Waals surface area contributed by atoms with Gasteiger partial charge in [0.25, 0.3) is 0 Å². The molecule has 0 heterocycles. The van der Waals surface area contributed by atoms with Crippen molar-refractivity contribution >= 4 is 5.91 Å². The summed E-state index contributed by atoms with van der Waals surface area (Å²) >= 11 is 0. The van der Waals surface area contributed by atoms with Gasteiger partial charge in [-0.05, 0) is 19.3 Å². The van der Waals surface area contributed by atoms with Gasteiger partial charge in [-0.15, -0.1) is 0 Å². The van der Waals surface area contributed by atoms with Gasteiger partial charge in [-0.3, -0.25) is 4.79 Å². The zero-order chi connectivity index (χ0) is 10.2. The van der Waals surface area contributed by atoms with Crippen molar-refractivity contribution in [1.29, 1.82) is 0 Å². The van der Waals surface area contributed by atoms with Crippen LogP contribution < -0.4 is 5.32 Å². The van der Waals surface area contributed by atoms with Crippen molar-refractivity contribution < 1.29 is 4.79 Å². The molecule has 0 spiro atoms. The monoisotopic (exact) mass is 197 g/mol. The normalized spacial score (nSPS) is 18.1. The van der Waals surface area contributed by atoms with Crippen molar-refractivity contribution in [3.05, 3.63) is 0 Å². The van der Waals surface area contributed by atoms with E-state index in [1.807, 2.05) is 0 Å². The molecule has 1 rings (SSSR count). The number of carbonyl (C=O) groups is 1. The van der Waals surface area contributed by atoms with Crippen molar-refractivity contribution in [1.82, 2.24) is 5.32 Å². The lowest BCUT2D eigenvalue weighted by molar-refractivity contribution is -0.122. The summed E-state index contributed by atoms with van der Waals surface area (Å²) in [7, 11) is 0. The minimum atomic E-state index is 0.269. The van der Waals surface area contributed by atoms with Gasteiger partial charge in [0.15, 0.2) is 0 Å². The third-order valence-electron chi connectivity index (χ3n) is 2.98. The van der Waals surface area contributed by atoms with Crippen molar-refractivity contribution in [2.24, 2.45) is 0 Å². The molecule has 0 saturated heterocycles. The summed E-state index contributed by atoms with van der Waals surface area (Å²) in [4.78, 5) is 11.5. The molecule has 1 amide bonds. The maximum absolute atomic E-state index is 11.5. The largest absolute Gasteiger partial charge is 0.353 e. The number of hydrogen-bond donors (Lipinski definition) is 1. The lowest BCUT2D eigenvalue weighted by Crippen LogP contribution is -2.35. The molecule has 1 aliphatic rings. The second kappa shape index (κ2) is 6.86. The summed E-state index contributed by atoms with van der Waals surface area (Å²) in [6, 6.07) is 0.484. The molecular weight excluding hydrogens is 174 g/mol. The first-order valence-corrected chi connectivity index (χ1v) is 6.12. The molecule has 0 aromatic heterocycles. The molecule has 0 unspecified atom stereocenters. The van der Waals surface area contributed by atoms with Gasteiger partial charge < -0.3 is 5.32 Å². The molecule has 0 aliphatic heterocycles. The third-order valence-corrected chi connectivity index (χ3v) is 2.98. The van der Waals surface area contributed by atoms with Crippen LogP contribution in [-0.4, -0.2) is 11.9 Å². The molecule has 0 aromatic rings. The molecule has 1 N–H and O–H groups in total. The third kappa shape index (κ3) is 4.64. The van der Waals surface area contributed by atoms with Gasteiger partial charge in [-0.1, -0.05) is 39.0 Å². The lowest BCUT2D eigenvalue weighted by atomic mass is 9.95. The van der Waals surface area contributed by atoms with Gasteiger partial charge >= 0.3 is 0 Å². The minimum Gasteiger partial charge on any atom is -0.353 e. The van der Waals surface area contributed by atoms with Crippen molar-refractivity contribution in [3.63, 3.8) is 0 Å². The number of rotatable bonds is 5. The Morgan fingerprint density at radius 1 is 1.21 bits per heavy atom. The second-order valence-electron chi connectivity index (χ2n) is 4.36. The Morgan fingerprint density at radius 2 is 1.93 bits per heavy atom. The summed E-state index contributed by atoms with van der Waals surface area (Å²) in [5.74, 6) is 0.269. The summed E-state index contributed by atoms with van der Waals surface area (Å²) < 4.78 is 0. The summed E-state index contributed by atoms with van der Waals surface area (Å²) in [5, 5.41) is 3.14. The standard InChI is InChI=1S/C12H23NO/c1-2-3-5-10-12(14)13-11-8-6-4-7-9-11/h11H,2-10H2,1H3,(H,13,14). The van der Waals surface area contributed by atoms with E-state index in [1.54, 1.807) is 0 Å². The molecule has 0 aromatic carbocycles. The highest BCUT2D eigenvalue weighted by Crippen LogP contribution is 2.17. The Hall–Kier alpha value is -0.530. The van der Waals surface area contributed by atoms with Crippen LogP contribution in [0.3, 0.4) is 0 Å². The zero-order valence-corrected chi connectivity index (χ0v) is 9.35. The number of nitrogens with one attached hydrogen (secondary N) is 1. The fraction of sp³-hybridized carbons (Fsp3) is 0.917. The van der Waals surface area contributed by atoms with E-state index in [1.165, 1.54) is 44.9 Å². The predicted octanol–water partition coefficient (Wildman–Crippen LogP) is 3.02. The summed E-state index contributed by atoms with van der Waals surface area (Å²) in [6.07, 6.45) is 10.5. The van der Waals surface area contributed by atoms with E-state index in [-0.39, 0.29) is 5.91 Å². The first-order chi connectivity index (χ1) is 6.83. The molecule has 2 heteroatoms. The Kier molecular flexibility index (Phi) is 5.65. The van der Waals surface area contributed by atoms with Crippen LogP contribution in [0.4, 0.5) is 0 Å². The Balaban J connectivity index is 2.06. The van der Waals surface area contributed by atoms with Gasteiger partial charge in [0.2, 0.25) is 5.91 Å². The van der Waals surface area contributed by atoms with Crippen LogP contribution in [0.15, 0.2) is 0 Å². The highest BCUT2D eigenvalue weighted by molar-refractivity contribution is 5.76. The number of amides is 1. The van der Waals surface area contributed by atoms with Crippen molar-refractivity contribution in [2.75, 3.05) is 0 Å². The Morgan fingerprint density at radius 3 is 2.57 bits per heavy atom. The van der Waals surface area contributed by atoms with Crippen LogP contribution in [0.2, 0.25) is 0 Å². The molecule has 1 saturated carbocycles. The van der Waals surface area contributed by atoms with Gasteiger partial charge in [0.1, 0.15) is 0 Å². The summed E-state index contributed by atoms with van der Waals surface area (Å²) in [6.45, 7) is 2.17. The van der Waals surface area contributed by atoms with E-state index in [0.717, 1.165) is 12.8 Å². The van der Waals surface area contributed by atoms with Crippen molar-refractivity contribution in [3.8, 4) is 0 Å². The highest BCUT2D eigenvalue weighted by Gasteiger charge is 2.14. The Labute approximate surface area is 87.5 Å². The molecule has 2 nitrogen and oxygen atoms in total. The van der Waals surface area contributed by atoms with Crippen LogP contribution >= 0.6 is 0 Å². The topological polar surface area (TPSA) is 29.1 Å². The first-order valence-electron chi connectivity index (χ1n) is 6.12. The molecule has 0 radical (unpaired) electrons. The number of hydrogen-bond acceptors (Lipinski definition) is 1. The van der Waals surface area contributed by atoms with Crippen LogP contribution in [0.1, 0.15) is 64.7 Å². The van der Waals surface area contributed by atoms with E-state index in [2.05, 4.69) is 12.2 Å². The fourth-order valence-corrected chi connectivity index (χ4v) is 2.08. The summed E-state index contributed by atoms with van der Waals surface area (Å²) in [5.41, 5.74) is 0. The molecule has 0 bridgehead atoms. The molecule has 0 atom stereocenters. The van der Waals surface area contributed by atoms with Crippen LogP contribution in [0.5, 0.6) is 0 Å². The van der Waals surface area contributed by atoms with E-state index in [0.29, 0.717) is 6.04 Å². The minimum absolute atomic E-state index is 0.269. The zero-order valence-electron chi connectivity index (χ0n) is 9.35. The van der Waals surface area contributed by atoms with E-state index >= 15 is 0 Å². The van der Waals surface area contributed by atoms with Gasteiger partial charge in [0.05, 0.1) is 0 Å². The number of carbonyl (C=O) groups excluding carboxylic acids is 1. The van der Waals surface area contributed by atoms with Gasteiger partial charge in [0, 0.05) is 12.5 Å². The van der Waals surface area contributed by atoms with E-state index in [4.69, 9.17) is 0 Å². The van der Waals surface area contributed by atoms with Crippen molar-refractivity contribution in [2.45, 2.75) is 70.8 Å². The lowest BCUT2D eigenvalue weighted by Gasteiger charge is -2.22. The maximum Gasteiger partial charge on any atom is 0.220 e. The first kappa shape index (κ1) is 11.5. The van der Waals surface area contributed by atoms with Gasteiger partial charge in [-0.2, -0.15) is 0 Å². The predicted molar refractivity (Wildman–Crippen MR) is 59.2 cm³/mol. The molecule has 14 heavy (non-hydrogen) atoms. The van der Waals surface area contributed by atoms with Gasteiger partial charge in [-0.25, -0.2) is 0 Å². The fourth-order valence-electron chi connectivity index (χ4n) is 2.08. The SMILES string of the molecule is CCCCCC(=O)NC1CCCCC1. The molecule has 82 valence electrons. The molecule has 1 fully saturated rings. The molecule has 1 aliphatic carbocycles. The van der Waals surface area contributed by atoms with E-state index in [9.17, 15) is 4.79 Å². The second-order valence-corrected chi connectivity index (χ2v) is 4.36.